The van der Waals surface area contributed by atoms with Gasteiger partial charge >= 0.3 is 0 Å². The molecule has 0 aliphatic heterocycles. The van der Waals surface area contributed by atoms with Gasteiger partial charge in [-0.05, 0) is 32.4 Å². The number of rotatable bonds is 5. The summed E-state index contributed by atoms with van der Waals surface area (Å²) in [6, 6.07) is 2.14. The molecule has 0 aromatic rings. The summed E-state index contributed by atoms with van der Waals surface area (Å²) < 4.78 is 0. The topological polar surface area (TPSA) is 35.8 Å². The summed E-state index contributed by atoms with van der Waals surface area (Å²) in [6.45, 7) is 7.01. The molecule has 1 N–H and O–H groups in total. The fourth-order valence-corrected chi connectivity index (χ4v) is 0.898. The minimum Gasteiger partial charge on any atom is -0.298 e. The van der Waals surface area contributed by atoms with Crippen molar-refractivity contribution in [1.82, 2.24) is 5.32 Å². The molecule has 0 saturated heterocycles. The lowest BCUT2D eigenvalue weighted by molar-refractivity contribution is 0.619. The maximum atomic E-state index is 8.77. The van der Waals surface area contributed by atoms with Crippen molar-refractivity contribution in [3.05, 3.63) is 11.6 Å². The minimum atomic E-state index is -0.0958. The van der Waals surface area contributed by atoms with Crippen molar-refractivity contribution in [2.24, 2.45) is 0 Å². The van der Waals surface area contributed by atoms with Gasteiger partial charge in [0.25, 0.3) is 0 Å². The molecule has 0 amide bonds. The summed E-state index contributed by atoms with van der Waals surface area (Å²) in [5.74, 6) is 0. The van der Waals surface area contributed by atoms with Crippen LogP contribution in [-0.4, -0.2) is 12.6 Å². The molecular weight excluding hydrogens is 148 g/mol. The summed E-state index contributed by atoms with van der Waals surface area (Å²) in [4.78, 5) is 0. The van der Waals surface area contributed by atoms with Crippen LogP contribution in [-0.2, 0) is 0 Å². The molecule has 0 spiro atoms. The number of hydrogen-bond donors (Lipinski definition) is 1. The van der Waals surface area contributed by atoms with E-state index in [0.29, 0.717) is 0 Å². The molecule has 0 aliphatic carbocycles. The largest absolute Gasteiger partial charge is 0.298 e. The Kier molecular flexibility index (Phi) is 6.41. The van der Waals surface area contributed by atoms with Gasteiger partial charge in [0.2, 0.25) is 0 Å². The summed E-state index contributed by atoms with van der Waals surface area (Å²) in [7, 11) is 0. The molecule has 1 unspecified atom stereocenters. The van der Waals surface area contributed by atoms with Crippen LogP contribution in [0.15, 0.2) is 11.6 Å². The summed E-state index contributed by atoms with van der Waals surface area (Å²) in [6.07, 6.45) is 4.28. The first-order valence-electron chi connectivity index (χ1n) is 4.52. The maximum Gasteiger partial charge on any atom is 0.117 e. The molecule has 0 bridgehead atoms. The zero-order valence-electron chi connectivity index (χ0n) is 8.22. The molecule has 1 atom stereocenters. The third-order valence-corrected chi connectivity index (χ3v) is 1.92. The monoisotopic (exact) mass is 166 g/mol. The van der Waals surface area contributed by atoms with Crippen LogP contribution in [0.5, 0.6) is 0 Å². The highest BCUT2D eigenvalue weighted by Crippen LogP contribution is 1.99. The van der Waals surface area contributed by atoms with E-state index >= 15 is 0 Å². The van der Waals surface area contributed by atoms with E-state index in [9.17, 15) is 0 Å². The van der Waals surface area contributed by atoms with Crippen molar-refractivity contribution in [3.8, 4) is 6.07 Å². The number of nitrogens with one attached hydrogen (secondary N) is 1. The highest BCUT2D eigenvalue weighted by atomic mass is 14.9. The Balaban J connectivity index is 3.78. The number of nitrogens with zero attached hydrogens (tertiary/aromatic N) is 1. The molecule has 0 aliphatic rings. The van der Waals surface area contributed by atoms with Crippen molar-refractivity contribution >= 4 is 0 Å². The van der Waals surface area contributed by atoms with Gasteiger partial charge in [0.05, 0.1) is 6.07 Å². The van der Waals surface area contributed by atoms with E-state index in [0.717, 1.165) is 18.5 Å². The highest BCUT2D eigenvalue weighted by Gasteiger charge is 2.05. The van der Waals surface area contributed by atoms with E-state index in [1.54, 1.807) is 0 Å². The minimum absolute atomic E-state index is 0.0958. The average molecular weight is 166 g/mol. The third kappa shape index (κ3) is 4.15. The molecule has 2 heteroatoms. The van der Waals surface area contributed by atoms with Gasteiger partial charge in [0.1, 0.15) is 6.04 Å². The van der Waals surface area contributed by atoms with Crippen LogP contribution in [0, 0.1) is 11.3 Å². The third-order valence-electron chi connectivity index (χ3n) is 1.92. The Morgan fingerprint density at radius 3 is 2.75 bits per heavy atom. The van der Waals surface area contributed by atoms with Gasteiger partial charge in [0, 0.05) is 0 Å². The van der Waals surface area contributed by atoms with E-state index in [-0.39, 0.29) is 6.04 Å². The molecule has 0 rings (SSSR count). The smallest absolute Gasteiger partial charge is 0.117 e. The Hall–Kier alpha value is -0.810. The van der Waals surface area contributed by atoms with Crippen molar-refractivity contribution in [1.29, 1.82) is 5.26 Å². The van der Waals surface area contributed by atoms with E-state index in [1.165, 1.54) is 6.42 Å². The molecule has 0 heterocycles. The predicted octanol–water partition coefficient (Wildman–Crippen LogP) is 2.23. The molecule has 12 heavy (non-hydrogen) atoms. The second-order valence-electron chi connectivity index (χ2n) is 2.90. The van der Waals surface area contributed by atoms with Gasteiger partial charge in [-0.15, -0.1) is 0 Å². The van der Waals surface area contributed by atoms with Gasteiger partial charge in [-0.25, -0.2) is 0 Å². The lowest BCUT2D eigenvalue weighted by Crippen LogP contribution is -2.29. The second kappa shape index (κ2) is 6.87. The molecule has 0 saturated carbocycles. The number of allylic oxidation sites excluding steroid dienone is 1. The van der Waals surface area contributed by atoms with Crippen LogP contribution in [0.2, 0.25) is 0 Å². The lowest BCUT2D eigenvalue weighted by Gasteiger charge is -2.10. The van der Waals surface area contributed by atoms with Gasteiger partial charge in [-0.2, -0.15) is 5.26 Å². The lowest BCUT2D eigenvalue weighted by atomic mass is 10.1. The standard InChI is InChI=1S/C10H18N2/c1-4-6-7-12-10(8-11)9(3)5-2/h5,10,12H,4,6-7H2,1-3H3/b9-5-. The van der Waals surface area contributed by atoms with Gasteiger partial charge < -0.3 is 0 Å². The van der Waals surface area contributed by atoms with Crippen molar-refractivity contribution in [2.75, 3.05) is 6.54 Å². The van der Waals surface area contributed by atoms with E-state index in [2.05, 4.69) is 18.3 Å². The van der Waals surface area contributed by atoms with Crippen LogP contribution < -0.4 is 5.32 Å². The SMILES string of the molecule is C/C=C(/C)C(C#N)NCCCC. The molecule has 0 aromatic heterocycles. The first-order valence-corrected chi connectivity index (χ1v) is 4.52. The molecule has 2 nitrogen and oxygen atoms in total. The molecule has 68 valence electrons. The summed E-state index contributed by atoms with van der Waals surface area (Å²) >= 11 is 0. The molecule has 0 radical (unpaired) electrons. The van der Waals surface area contributed by atoms with Gasteiger partial charge in [-0.1, -0.05) is 19.4 Å². The molecular formula is C10H18N2. The van der Waals surface area contributed by atoms with E-state index in [1.807, 2.05) is 19.9 Å². The zero-order chi connectivity index (χ0) is 9.40. The average Bonchev–Trinajstić information content (AvgIpc) is 2.11. The predicted molar refractivity (Wildman–Crippen MR) is 51.7 cm³/mol. The first-order chi connectivity index (χ1) is 5.76. The Morgan fingerprint density at radius 1 is 1.67 bits per heavy atom. The Morgan fingerprint density at radius 2 is 2.33 bits per heavy atom. The van der Waals surface area contributed by atoms with E-state index < -0.39 is 0 Å². The van der Waals surface area contributed by atoms with Gasteiger partial charge in [0.15, 0.2) is 0 Å². The Bertz CT molecular complexity index is 177. The Labute approximate surface area is 75.3 Å². The summed E-state index contributed by atoms with van der Waals surface area (Å²) in [5.41, 5.74) is 1.11. The van der Waals surface area contributed by atoms with Crippen molar-refractivity contribution in [2.45, 2.75) is 39.7 Å². The number of unbranched alkanes of at least 4 members (excludes halogenated alkanes) is 1. The van der Waals surface area contributed by atoms with Crippen LogP contribution >= 0.6 is 0 Å². The first kappa shape index (κ1) is 11.2. The van der Waals surface area contributed by atoms with Gasteiger partial charge in [-0.3, -0.25) is 5.32 Å². The van der Waals surface area contributed by atoms with Crippen LogP contribution in [0.25, 0.3) is 0 Å². The van der Waals surface area contributed by atoms with Crippen LogP contribution in [0.1, 0.15) is 33.6 Å². The zero-order valence-corrected chi connectivity index (χ0v) is 8.22. The van der Waals surface area contributed by atoms with Crippen molar-refractivity contribution in [3.63, 3.8) is 0 Å². The fraction of sp³-hybridized carbons (Fsp3) is 0.700. The van der Waals surface area contributed by atoms with Crippen molar-refractivity contribution < 1.29 is 0 Å². The van der Waals surface area contributed by atoms with Crippen LogP contribution in [0.4, 0.5) is 0 Å². The highest BCUT2D eigenvalue weighted by molar-refractivity contribution is 5.16. The second-order valence-corrected chi connectivity index (χ2v) is 2.90. The molecule has 0 aromatic carbocycles. The molecule has 0 fully saturated rings. The quantitative estimate of drug-likeness (QED) is 0.502. The normalized spacial score (nSPS) is 14.0. The fourth-order valence-electron chi connectivity index (χ4n) is 0.898. The van der Waals surface area contributed by atoms with E-state index in [4.69, 9.17) is 5.26 Å². The summed E-state index contributed by atoms with van der Waals surface area (Å²) in [5, 5.41) is 12.0. The number of hydrogen-bond acceptors (Lipinski definition) is 2. The van der Waals surface area contributed by atoms with Crippen LogP contribution in [0.3, 0.4) is 0 Å². The maximum absolute atomic E-state index is 8.77. The number of nitriles is 1.